The quantitative estimate of drug-likeness (QED) is 0.393. The number of para-hydroxylation sites is 1. The number of fused-ring (bicyclic) bond motifs is 1. The first-order chi connectivity index (χ1) is 15.0. The zero-order chi connectivity index (χ0) is 22.2. The Balaban J connectivity index is 1.81. The van der Waals surface area contributed by atoms with Gasteiger partial charge in [-0.1, -0.05) is 57.2 Å². The number of carbonyl (C=O) groups excluding carboxylic acids is 1. The summed E-state index contributed by atoms with van der Waals surface area (Å²) in [5, 5.41) is 7.23. The van der Waals surface area contributed by atoms with E-state index in [1.165, 1.54) is 36.3 Å². The number of rotatable bonds is 11. The van der Waals surface area contributed by atoms with Gasteiger partial charge in [0.25, 0.3) is 0 Å². The van der Waals surface area contributed by atoms with Crippen LogP contribution in [0, 0.1) is 0 Å². The van der Waals surface area contributed by atoms with E-state index in [1.807, 2.05) is 0 Å². The minimum absolute atomic E-state index is 0.0279. The van der Waals surface area contributed by atoms with Gasteiger partial charge in [-0.25, -0.2) is 9.48 Å². The van der Waals surface area contributed by atoms with Gasteiger partial charge in [0.1, 0.15) is 18.1 Å². The van der Waals surface area contributed by atoms with Crippen LogP contribution < -0.4 is 10.1 Å². The number of benzene rings is 1. The van der Waals surface area contributed by atoms with E-state index in [4.69, 9.17) is 9.47 Å². The second-order valence-electron chi connectivity index (χ2n) is 7.41. The minimum Gasteiger partial charge on any atom is -0.462 e. The number of carbonyl (C=O) groups is 1. The van der Waals surface area contributed by atoms with Crippen molar-refractivity contribution in [3.63, 3.8) is 0 Å². The van der Waals surface area contributed by atoms with Crippen molar-refractivity contribution in [2.45, 2.75) is 65.0 Å². The molecule has 31 heavy (non-hydrogen) atoms. The van der Waals surface area contributed by atoms with Crippen LogP contribution in [0.15, 0.2) is 41.9 Å². The van der Waals surface area contributed by atoms with Gasteiger partial charge >= 0.3 is 12.6 Å². The van der Waals surface area contributed by atoms with Crippen LogP contribution >= 0.6 is 0 Å². The maximum absolute atomic E-state index is 13.0. The van der Waals surface area contributed by atoms with Gasteiger partial charge < -0.3 is 14.8 Å². The zero-order valence-corrected chi connectivity index (χ0v) is 17.8. The van der Waals surface area contributed by atoms with Crippen LogP contribution in [0.25, 0.3) is 0 Å². The van der Waals surface area contributed by atoms with Gasteiger partial charge in [-0.05, 0) is 19.4 Å². The van der Waals surface area contributed by atoms with Gasteiger partial charge in [0.15, 0.2) is 0 Å². The van der Waals surface area contributed by atoms with Gasteiger partial charge in [0.2, 0.25) is 5.95 Å². The zero-order valence-electron chi connectivity index (χ0n) is 17.8. The molecule has 1 aliphatic heterocycles. The Morgan fingerprint density at radius 2 is 1.94 bits per heavy atom. The van der Waals surface area contributed by atoms with E-state index in [2.05, 4.69) is 22.3 Å². The van der Waals surface area contributed by atoms with Crippen LogP contribution in [0.2, 0.25) is 0 Å². The Bertz CT molecular complexity index is 914. The Hall–Kier alpha value is -2.97. The molecule has 3 rings (SSSR count). The van der Waals surface area contributed by atoms with Gasteiger partial charge in [-0.3, -0.25) is 0 Å². The number of unbranched alkanes of at least 4 members (excludes halogenated alkanes) is 5. The summed E-state index contributed by atoms with van der Waals surface area (Å²) in [5.74, 6) is -0.141. The van der Waals surface area contributed by atoms with Crippen molar-refractivity contribution < 1.29 is 23.0 Å². The van der Waals surface area contributed by atoms with Crippen LogP contribution in [0.5, 0.6) is 5.75 Å². The van der Waals surface area contributed by atoms with E-state index >= 15 is 0 Å². The summed E-state index contributed by atoms with van der Waals surface area (Å²) in [4.78, 5) is 17.2. The molecule has 2 aromatic rings. The number of alkyl halides is 2. The lowest BCUT2D eigenvalue weighted by atomic mass is 9.95. The Morgan fingerprint density at radius 3 is 2.71 bits per heavy atom. The number of hydrogen-bond acceptors (Lipinski definition) is 6. The van der Waals surface area contributed by atoms with Gasteiger partial charge in [0, 0.05) is 11.3 Å². The van der Waals surface area contributed by atoms with Crippen LogP contribution in [-0.4, -0.2) is 34.0 Å². The van der Waals surface area contributed by atoms with Crippen molar-refractivity contribution in [2.75, 3.05) is 11.9 Å². The molecule has 1 aliphatic rings. The molecule has 7 nitrogen and oxygen atoms in total. The molecule has 1 aromatic carbocycles. The molecule has 9 heteroatoms. The lowest BCUT2D eigenvalue weighted by Gasteiger charge is -2.29. The summed E-state index contributed by atoms with van der Waals surface area (Å²) < 4.78 is 37.7. The lowest BCUT2D eigenvalue weighted by molar-refractivity contribution is -0.139. The summed E-state index contributed by atoms with van der Waals surface area (Å²) in [5.41, 5.74) is 1.20. The highest BCUT2D eigenvalue weighted by atomic mass is 19.3. The molecule has 0 fully saturated rings. The first-order valence-corrected chi connectivity index (χ1v) is 10.6. The molecule has 0 saturated heterocycles. The number of ether oxygens (including phenoxy) is 2. The number of nitrogens with zero attached hydrogens (tertiary/aromatic N) is 3. The fourth-order valence-electron chi connectivity index (χ4n) is 3.68. The molecule has 0 radical (unpaired) electrons. The minimum atomic E-state index is -2.99. The smallest absolute Gasteiger partial charge is 0.387 e. The van der Waals surface area contributed by atoms with E-state index in [9.17, 15) is 13.6 Å². The second kappa shape index (κ2) is 10.9. The summed E-state index contributed by atoms with van der Waals surface area (Å²) in [6.07, 6.45) is 7.78. The first kappa shape index (κ1) is 22.7. The van der Waals surface area contributed by atoms with Crippen molar-refractivity contribution >= 4 is 11.9 Å². The van der Waals surface area contributed by atoms with Crippen molar-refractivity contribution in [3.8, 4) is 5.75 Å². The monoisotopic (exact) mass is 434 g/mol. The molecular formula is C22H28F2N4O3. The van der Waals surface area contributed by atoms with Crippen molar-refractivity contribution in [1.29, 1.82) is 0 Å². The Kier molecular flexibility index (Phi) is 7.97. The van der Waals surface area contributed by atoms with E-state index in [-0.39, 0.29) is 11.3 Å². The second-order valence-corrected chi connectivity index (χ2v) is 7.41. The average molecular weight is 434 g/mol. The van der Waals surface area contributed by atoms with Crippen molar-refractivity contribution in [1.82, 2.24) is 14.8 Å². The topological polar surface area (TPSA) is 78.3 Å². The summed E-state index contributed by atoms with van der Waals surface area (Å²) in [7, 11) is 0. The van der Waals surface area contributed by atoms with Crippen LogP contribution in [0.1, 0.15) is 64.0 Å². The number of halogens is 2. The summed E-state index contributed by atoms with van der Waals surface area (Å²) in [6.45, 7) is 1.19. The third-order valence-corrected chi connectivity index (χ3v) is 5.17. The molecule has 168 valence electrons. The third kappa shape index (κ3) is 5.59. The SMILES string of the molecule is CCCCCCCCOC(=O)C1=C(C)Nc2ncnn2[C@H]1c1ccccc1OC(F)F. The third-order valence-electron chi connectivity index (χ3n) is 5.17. The number of nitrogens with one attached hydrogen (secondary N) is 1. The normalized spacial score (nSPS) is 15.6. The number of anilines is 1. The highest BCUT2D eigenvalue weighted by molar-refractivity contribution is 5.92. The van der Waals surface area contributed by atoms with E-state index < -0.39 is 18.6 Å². The highest BCUT2D eigenvalue weighted by Crippen LogP contribution is 2.39. The average Bonchev–Trinajstić information content (AvgIpc) is 3.20. The van der Waals surface area contributed by atoms with Crippen LogP contribution in [-0.2, 0) is 9.53 Å². The van der Waals surface area contributed by atoms with Crippen LogP contribution in [0.4, 0.5) is 14.7 Å². The molecule has 0 bridgehead atoms. The van der Waals surface area contributed by atoms with Gasteiger partial charge in [-0.15, -0.1) is 0 Å². The molecule has 1 atom stereocenters. The predicted molar refractivity (Wildman–Crippen MR) is 112 cm³/mol. The lowest BCUT2D eigenvalue weighted by Crippen LogP contribution is -2.30. The Morgan fingerprint density at radius 1 is 1.19 bits per heavy atom. The van der Waals surface area contributed by atoms with Gasteiger partial charge in [0.05, 0.1) is 12.2 Å². The maximum Gasteiger partial charge on any atom is 0.387 e. The van der Waals surface area contributed by atoms with E-state index in [1.54, 1.807) is 25.1 Å². The van der Waals surface area contributed by atoms with Gasteiger partial charge in [-0.2, -0.15) is 18.9 Å². The van der Waals surface area contributed by atoms with Crippen LogP contribution in [0.3, 0.4) is 0 Å². The maximum atomic E-state index is 13.0. The van der Waals surface area contributed by atoms with Crippen molar-refractivity contribution in [3.05, 3.63) is 47.4 Å². The molecule has 0 saturated carbocycles. The molecule has 1 aromatic heterocycles. The first-order valence-electron chi connectivity index (χ1n) is 10.6. The Labute approximate surface area is 180 Å². The molecular weight excluding hydrogens is 406 g/mol. The molecule has 0 aliphatic carbocycles. The standard InChI is InChI=1S/C22H28F2N4O3/c1-3-4-5-6-7-10-13-30-20(29)18-15(2)27-22-25-14-26-28(22)19(18)16-11-8-9-12-17(16)31-21(23)24/h8-9,11-12,14,19,21H,3-7,10,13H2,1-2H3,(H,25,26,27)/t19-/m0/s1. The fraction of sp³-hybridized carbons (Fsp3) is 0.500. The summed E-state index contributed by atoms with van der Waals surface area (Å²) in [6, 6.07) is 5.56. The molecule has 1 N–H and O–H groups in total. The molecule has 2 heterocycles. The number of allylic oxidation sites excluding steroid dienone is 1. The molecule has 0 unspecified atom stereocenters. The number of esters is 1. The fourth-order valence-corrected chi connectivity index (χ4v) is 3.68. The van der Waals surface area contributed by atoms with E-state index in [0.717, 1.165) is 19.3 Å². The number of aromatic nitrogens is 3. The van der Waals surface area contributed by atoms with E-state index in [0.29, 0.717) is 23.8 Å². The highest BCUT2D eigenvalue weighted by Gasteiger charge is 2.36. The number of hydrogen-bond donors (Lipinski definition) is 1. The van der Waals surface area contributed by atoms with Crippen molar-refractivity contribution in [2.24, 2.45) is 0 Å². The molecule has 0 spiro atoms. The summed E-state index contributed by atoms with van der Waals surface area (Å²) >= 11 is 0. The molecule has 0 amide bonds. The predicted octanol–water partition coefficient (Wildman–Crippen LogP) is 5.07. The largest absolute Gasteiger partial charge is 0.462 e.